The summed E-state index contributed by atoms with van der Waals surface area (Å²) in [6, 6.07) is 24.5. The van der Waals surface area contributed by atoms with Gasteiger partial charge in [-0.3, -0.25) is 9.59 Å². The second kappa shape index (κ2) is 11.5. The van der Waals surface area contributed by atoms with E-state index in [1.165, 1.54) is 0 Å². The van der Waals surface area contributed by atoms with E-state index < -0.39 is 6.04 Å². The Balaban J connectivity index is 1.95. The van der Waals surface area contributed by atoms with Crippen molar-refractivity contribution in [3.8, 4) is 0 Å². The van der Waals surface area contributed by atoms with Crippen LogP contribution in [-0.4, -0.2) is 29.3 Å². The molecule has 0 fully saturated rings. The maximum absolute atomic E-state index is 13.6. The molecule has 1 atom stereocenters. The molecule has 2 amide bonds. The minimum absolute atomic E-state index is 0.110. The highest BCUT2D eigenvalue weighted by Crippen LogP contribution is 2.21. The smallest absolute Gasteiger partial charge is 0.243 e. The minimum atomic E-state index is -0.647. The van der Waals surface area contributed by atoms with Gasteiger partial charge in [-0.1, -0.05) is 90.0 Å². The average molecular weight is 449 g/mol. The van der Waals surface area contributed by atoms with Crippen molar-refractivity contribution in [1.29, 1.82) is 0 Å². The van der Waals surface area contributed by atoms with E-state index in [0.717, 1.165) is 22.3 Å². The molecule has 3 rings (SSSR count). The fourth-order valence-electron chi connectivity index (χ4n) is 3.64. The first-order valence-corrected chi connectivity index (χ1v) is 11.3. The van der Waals surface area contributed by atoms with Crippen molar-refractivity contribution in [3.05, 3.63) is 106 Å². The van der Waals surface area contributed by atoms with E-state index in [2.05, 4.69) is 5.32 Å². The quantitative estimate of drug-likeness (QED) is 0.502. The zero-order valence-electron chi connectivity index (χ0n) is 18.6. The Morgan fingerprint density at radius 2 is 1.56 bits per heavy atom. The van der Waals surface area contributed by atoms with Crippen LogP contribution < -0.4 is 5.32 Å². The molecule has 0 aromatic heterocycles. The van der Waals surface area contributed by atoms with Gasteiger partial charge in [0.05, 0.1) is 6.42 Å². The zero-order valence-corrected chi connectivity index (χ0v) is 19.3. The molecule has 0 radical (unpaired) electrons. The Morgan fingerprint density at radius 3 is 2.22 bits per heavy atom. The lowest BCUT2D eigenvalue weighted by atomic mass is 10.0. The molecule has 0 aliphatic heterocycles. The summed E-state index contributed by atoms with van der Waals surface area (Å²) < 4.78 is 0. The van der Waals surface area contributed by atoms with Crippen molar-refractivity contribution in [2.24, 2.45) is 0 Å². The van der Waals surface area contributed by atoms with Gasteiger partial charge in [0.15, 0.2) is 0 Å². The molecule has 0 heterocycles. The van der Waals surface area contributed by atoms with Crippen LogP contribution in [0.5, 0.6) is 0 Å². The fourth-order valence-corrected chi connectivity index (χ4v) is 3.83. The molecule has 0 aliphatic carbocycles. The molecule has 32 heavy (non-hydrogen) atoms. The van der Waals surface area contributed by atoms with Gasteiger partial charge < -0.3 is 10.2 Å². The highest BCUT2D eigenvalue weighted by Gasteiger charge is 2.30. The molecule has 1 N–H and O–H groups in total. The number of nitrogens with zero attached hydrogens (tertiary/aromatic N) is 1. The lowest BCUT2D eigenvalue weighted by molar-refractivity contribution is -0.140. The monoisotopic (exact) mass is 448 g/mol. The lowest BCUT2D eigenvalue weighted by Crippen LogP contribution is -2.51. The van der Waals surface area contributed by atoms with Crippen LogP contribution in [0.1, 0.15) is 29.2 Å². The van der Waals surface area contributed by atoms with Crippen LogP contribution in [0.3, 0.4) is 0 Å². The number of hydrogen-bond acceptors (Lipinski definition) is 2. The first kappa shape index (κ1) is 23.6. The van der Waals surface area contributed by atoms with Crippen LogP contribution in [-0.2, 0) is 29.0 Å². The van der Waals surface area contributed by atoms with E-state index in [0.29, 0.717) is 18.0 Å². The third-order valence-electron chi connectivity index (χ3n) is 5.40. The van der Waals surface area contributed by atoms with E-state index in [9.17, 15) is 9.59 Å². The first-order valence-electron chi connectivity index (χ1n) is 10.9. The number of benzene rings is 3. The molecule has 0 aliphatic rings. The van der Waals surface area contributed by atoms with Gasteiger partial charge in [0.2, 0.25) is 11.8 Å². The van der Waals surface area contributed by atoms with Crippen LogP contribution in [0.2, 0.25) is 5.02 Å². The normalized spacial score (nSPS) is 11.6. The standard InChI is InChI=1S/C27H29ClN2O2/c1-3-29-27(32)25(17-21-9-5-4-6-10-21)30(19-23-11-7-8-12-24(23)28)26(31)18-22-15-13-20(2)14-16-22/h4-16,25H,3,17-19H2,1-2H3,(H,29,32)/t25-/m0/s1. The number of nitrogens with one attached hydrogen (secondary N) is 1. The van der Waals surface area contributed by atoms with Gasteiger partial charge in [0, 0.05) is 24.5 Å². The van der Waals surface area contributed by atoms with Crippen molar-refractivity contribution >= 4 is 23.4 Å². The summed E-state index contributed by atoms with van der Waals surface area (Å²) in [7, 11) is 0. The third kappa shape index (κ3) is 6.44. The molecule has 0 bridgehead atoms. The largest absolute Gasteiger partial charge is 0.355 e. The second-order valence-electron chi connectivity index (χ2n) is 7.88. The number of halogens is 1. The summed E-state index contributed by atoms with van der Waals surface area (Å²) >= 11 is 6.42. The molecule has 166 valence electrons. The van der Waals surface area contributed by atoms with Gasteiger partial charge >= 0.3 is 0 Å². The maximum atomic E-state index is 13.6. The Kier molecular flexibility index (Phi) is 8.46. The molecule has 3 aromatic carbocycles. The number of rotatable bonds is 9. The number of amides is 2. The number of aryl methyl sites for hydroxylation is 1. The number of carbonyl (C=O) groups is 2. The molecule has 0 saturated heterocycles. The predicted octanol–water partition coefficient (Wildman–Crippen LogP) is 4.97. The van der Waals surface area contributed by atoms with Crippen LogP contribution >= 0.6 is 11.6 Å². The summed E-state index contributed by atoms with van der Waals surface area (Å²) in [5.74, 6) is -0.276. The molecule has 0 saturated carbocycles. The molecule has 0 spiro atoms. The van der Waals surface area contributed by atoms with Gasteiger partial charge in [0.25, 0.3) is 0 Å². The van der Waals surface area contributed by atoms with E-state index in [-0.39, 0.29) is 24.8 Å². The first-order chi connectivity index (χ1) is 15.5. The van der Waals surface area contributed by atoms with E-state index in [1.807, 2.05) is 86.6 Å². The highest BCUT2D eigenvalue weighted by atomic mass is 35.5. The van der Waals surface area contributed by atoms with Gasteiger partial charge in [-0.15, -0.1) is 0 Å². The van der Waals surface area contributed by atoms with Crippen LogP contribution in [0.15, 0.2) is 78.9 Å². The van der Waals surface area contributed by atoms with Gasteiger partial charge in [-0.2, -0.15) is 0 Å². The molecule has 3 aromatic rings. The predicted molar refractivity (Wildman–Crippen MR) is 130 cm³/mol. The van der Waals surface area contributed by atoms with Crippen LogP contribution in [0.4, 0.5) is 0 Å². The van der Waals surface area contributed by atoms with Crippen LogP contribution in [0, 0.1) is 6.92 Å². The second-order valence-corrected chi connectivity index (χ2v) is 8.28. The summed E-state index contributed by atoms with van der Waals surface area (Å²) in [6.45, 7) is 4.65. The van der Waals surface area contributed by atoms with E-state index in [1.54, 1.807) is 11.0 Å². The van der Waals surface area contributed by atoms with Crippen molar-refractivity contribution in [3.63, 3.8) is 0 Å². The van der Waals surface area contributed by atoms with Crippen molar-refractivity contribution < 1.29 is 9.59 Å². The molecule has 5 heteroatoms. The Labute approximate surface area is 195 Å². The summed E-state index contributed by atoms with van der Waals surface area (Å²) in [4.78, 5) is 28.3. The summed E-state index contributed by atoms with van der Waals surface area (Å²) in [6.07, 6.45) is 0.645. The molecule has 0 unspecified atom stereocenters. The molecular formula is C27H29ClN2O2. The van der Waals surface area contributed by atoms with Crippen molar-refractivity contribution in [2.45, 2.75) is 39.3 Å². The zero-order chi connectivity index (χ0) is 22.9. The van der Waals surface area contributed by atoms with Gasteiger partial charge in [-0.25, -0.2) is 0 Å². The lowest BCUT2D eigenvalue weighted by Gasteiger charge is -2.32. The van der Waals surface area contributed by atoms with Gasteiger partial charge in [0.1, 0.15) is 6.04 Å². The Bertz CT molecular complexity index is 1040. The topological polar surface area (TPSA) is 49.4 Å². The minimum Gasteiger partial charge on any atom is -0.355 e. The third-order valence-corrected chi connectivity index (χ3v) is 5.77. The van der Waals surface area contributed by atoms with Crippen molar-refractivity contribution in [2.75, 3.05) is 6.54 Å². The summed E-state index contributed by atoms with van der Waals surface area (Å²) in [5.41, 5.74) is 3.86. The van der Waals surface area contributed by atoms with E-state index in [4.69, 9.17) is 11.6 Å². The van der Waals surface area contributed by atoms with Crippen molar-refractivity contribution in [1.82, 2.24) is 10.2 Å². The Morgan fingerprint density at radius 1 is 0.906 bits per heavy atom. The number of hydrogen-bond donors (Lipinski definition) is 1. The SMILES string of the molecule is CCNC(=O)[C@H](Cc1ccccc1)N(Cc1ccccc1Cl)C(=O)Cc1ccc(C)cc1. The highest BCUT2D eigenvalue weighted by molar-refractivity contribution is 6.31. The van der Waals surface area contributed by atoms with E-state index >= 15 is 0 Å². The maximum Gasteiger partial charge on any atom is 0.243 e. The molecule has 4 nitrogen and oxygen atoms in total. The summed E-state index contributed by atoms with van der Waals surface area (Å²) in [5, 5.41) is 3.49. The van der Waals surface area contributed by atoms with Gasteiger partial charge in [-0.05, 0) is 36.6 Å². The average Bonchev–Trinajstić information content (AvgIpc) is 2.79. The fraction of sp³-hybridized carbons (Fsp3) is 0.259. The molecular weight excluding hydrogens is 420 g/mol. The van der Waals surface area contributed by atoms with Crippen LogP contribution in [0.25, 0.3) is 0 Å². The number of carbonyl (C=O) groups excluding carboxylic acids is 2. The number of likely N-dealkylation sites (N-methyl/N-ethyl adjacent to an activating group) is 1. The Hall–Kier alpha value is -3.11.